The Morgan fingerprint density at radius 2 is 1.92 bits per heavy atom. The Hall–Kier alpha value is -4.77. The van der Waals surface area contributed by atoms with E-state index >= 15 is 4.39 Å². The van der Waals surface area contributed by atoms with Gasteiger partial charge in [-0.3, -0.25) is 14.7 Å². The van der Waals surface area contributed by atoms with Crippen LogP contribution in [0.2, 0.25) is 0 Å². The van der Waals surface area contributed by atoms with Gasteiger partial charge in [0.05, 0.1) is 16.5 Å². The molecule has 1 spiro atoms. The zero-order valence-electron chi connectivity index (χ0n) is 27.6. The summed E-state index contributed by atoms with van der Waals surface area (Å²) in [5.74, 6) is -0.332. The Labute approximate surface area is 290 Å². The molecule has 4 aliphatic heterocycles. The van der Waals surface area contributed by atoms with Crippen molar-refractivity contribution in [3.05, 3.63) is 47.7 Å². The van der Waals surface area contributed by atoms with Gasteiger partial charge in [-0.1, -0.05) is 18.4 Å². The molecule has 6 heterocycles. The first-order valence-electron chi connectivity index (χ1n) is 17.1. The van der Waals surface area contributed by atoms with Crippen LogP contribution in [0.1, 0.15) is 44.1 Å². The third-order valence-corrected chi connectivity index (χ3v) is 11.1. The molecule has 4 fully saturated rings. The van der Waals surface area contributed by atoms with Crippen LogP contribution in [-0.4, -0.2) is 99.8 Å². The fraction of sp³-hybridized carbons (Fsp3) is 0.459. The molecule has 4 saturated heterocycles. The number of benzene rings is 2. The first kappa shape index (κ1) is 33.4. The molecule has 14 heteroatoms. The van der Waals surface area contributed by atoms with E-state index in [4.69, 9.17) is 16.1 Å². The third kappa shape index (κ3) is 5.66. The van der Waals surface area contributed by atoms with Crippen LogP contribution in [0.4, 0.5) is 27.8 Å². The number of alkyl halides is 3. The van der Waals surface area contributed by atoms with E-state index in [0.29, 0.717) is 43.7 Å². The Morgan fingerprint density at radius 3 is 2.71 bits per heavy atom. The molecule has 2 aromatic heterocycles. The number of anilines is 1. The highest BCUT2D eigenvalue weighted by molar-refractivity contribution is 6.03. The molecule has 1 N–H and O–H groups in total. The summed E-state index contributed by atoms with van der Waals surface area (Å²) < 4.78 is 79.1. The van der Waals surface area contributed by atoms with Crippen LogP contribution in [0.15, 0.2) is 30.5 Å². The number of nitrogens with zero attached hydrogens (tertiary/aromatic N) is 6. The summed E-state index contributed by atoms with van der Waals surface area (Å²) in [6, 6.07) is 5.14. The second-order valence-corrected chi connectivity index (χ2v) is 14.4. The smallest absolute Gasteiger partial charge is 0.319 e. The quantitative estimate of drug-likeness (QED) is 0.197. The van der Waals surface area contributed by atoms with Crippen molar-refractivity contribution in [2.75, 3.05) is 50.8 Å². The molecule has 1 amide bonds. The maximum absolute atomic E-state index is 17.0. The van der Waals surface area contributed by atoms with Crippen LogP contribution in [0.25, 0.3) is 32.9 Å². The van der Waals surface area contributed by atoms with E-state index < -0.39 is 41.1 Å². The lowest BCUT2D eigenvalue weighted by molar-refractivity contribution is -0.155. The van der Waals surface area contributed by atoms with Crippen molar-refractivity contribution in [1.29, 1.82) is 0 Å². The number of pyridine rings is 1. The number of likely N-dealkylation sites (tertiary alicyclic amines) is 1. The lowest BCUT2D eigenvalue weighted by atomic mass is 9.75. The first-order valence-corrected chi connectivity index (χ1v) is 17.1. The molecule has 0 bridgehead atoms. The normalized spacial score (nSPS) is 23.1. The molecule has 4 aromatic rings. The number of fused-ring (bicyclic) bond motifs is 3. The fourth-order valence-electron chi connectivity index (χ4n) is 8.78. The number of aromatic nitrogens is 3. The molecule has 0 saturated carbocycles. The number of terminal acetylenes is 1. The number of halogens is 5. The largest absolute Gasteiger partial charge is 0.508 e. The summed E-state index contributed by atoms with van der Waals surface area (Å²) >= 11 is 0. The molecular formula is C37H35F5N6O3. The van der Waals surface area contributed by atoms with E-state index in [0.717, 1.165) is 37.1 Å². The molecular weight excluding hydrogens is 671 g/mol. The summed E-state index contributed by atoms with van der Waals surface area (Å²) in [5.41, 5.74) is -1.43. The summed E-state index contributed by atoms with van der Waals surface area (Å²) in [6.07, 6.45) is 7.16. The number of ether oxygens (including phenoxy) is 1. The Morgan fingerprint density at radius 1 is 1.10 bits per heavy atom. The van der Waals surface area contributed by atoms with Gasteiger partial charge in [0.15, 0.2) is 5.82 Å². The first-order chi connectivity index (χ1) is 24.5. The molecule has 2 atom stereocenters. The van der Waals surface area contributed by atoms with E-state index in [1.165, 1.54) is 30.5 Å². The van der Waals surface area contributed by atoms with Gasteiger partial charge in [0, 0.05) is 61.7 Å². The minimum absolute atomic E-state index is 0.0619. The average molecular weight is 707 g/mol. The van der Waals surface area contributed by atoms with Crippen LogP contribution in [0, 0.1) is 29.4 Å². The minimum atomic E-state index is -3.09. The van der Waals surface area contributed by atoms with Gasteiger partial charge in [0.25, 0.3) is 5.91 Å². The number of rotatable bonds is 6. The molecule has 4 aliphatic rings. The van der Waals surface area contributed by atoms with Crippen molar-refractivity contribution in [2.24, 2.45) is 5.41 Å². The predicted octanol–water partition coefficient (Wildman–Crippen LogP) is 5.85. The second-order valence-electron chi connectivity index (χ2n) is 14.4. The zero-order valence-corrected chi connectivity index (χ0v) is 27.6. The topological polar surface area (TPSA) is 94.9 Å². The average Bonchev–Trinajstić information content (AvgIpc) is 3.51. The van der Waals surface area contributed by atoms with Crippen molar-refractivity contribution in [3.8, 4) is 35.4 Å². The molecule has 266 valence electrons. The number of amides is 1. The Bertz CT molecular complexity index is 2100. The van der Waals surface area contributed by atoms with Gasteiger partial charge >= 0.3 is 12.4 Å². The third-order valence-electron chi connectivity index (χ3n) is 11.1. The number of phenolic OH excluding ortho intramolecular Hbond substituents is 1. The number of carbonyl (C=O) groups excluding carboxylic acids is 1. The molecule has 51 heavy (non-hydrogen) atoms. The molecule has 0 unspecified atom stereocenters. The zero-order chi connectivity index (χ0) is 35.7. The maximum Gasteiger partial charge on any atom is 0.319 e. The van der Waals surface area contributed by atoms with Gasteiger partial charge in [-0.05, 0) is 55.8 Å². The monoisotopic (exact) mass is 706 g/mol. The highest BCUT2D eigenvalue weighted by atomic mass is 19.3. The van der Waals surface area contributed by atoms with E-state index in [1.54, 1.807) is 0 Å². The molecule has 0 radical (unpaired) electrons. The number of hydrogen-bond acceptors (Lipinski definition) is 8. The van der Waals surface area contributed by atoms with Gasteiger partial charge in [0.2, 0.25) is 0 Å². The van der Waals surface area contributed by atoms with E-state index in [9.17, 15) is 27.5 Å². The molecule has 2 aromatic carbocycles. The van der Waals surface area contributed by atoms with Crippen molar-refractivity contribution in [2.45, 2.75) is 56.7 Å². The van der Waals surface area contributed by atoms with Crippen LogP contribution in [0.3, 0.4) is 0 Å². The predicted molar refractivity (Wildman–Crippen MR) is 179 cm³/mol. The van der Waals surface area contributed by atoms with Gasteiger partial charge < -0.3 is 19.6 Å². The standard InChI is InChI=1S/C37H35F5N6O3/c1-2-24-27(39)7-6-21-12-23(49)13-25(28(21)24)30-29(40)31-26(15-43-30)33(45-35(44-31)51-20-37-9-5-11-48(37)16-22(38)14-37)46-10-4-3-8-36(17-46)18-47(19-36)34(50)32(41)42/h1,6-7,12-13,15,22,32,49H,3-5,8-11,14,16-20H2/t22-,37+/m1/s1. The SMILES string of the molecule is C#Cc1c(F)ccc2cc(O)cc(-c3ncc4c(N5CCCCC6(CN(C(=O)C(F)F)C6)C5)nc(OC[C@@]56CCCN5C[C@H](F)C6)nc4c3F)c12. The van der Waals surface area contributed by atoms with Crippen molar-refractivity contribution in [1.82, 2.24) is 24.8 Å². The lowest BCUT2D eigenvalue weighted by Gasteiger charge is -2.51. The highest BCUT2D eigenvalue weighted by Gasteiger charge is 2.50. The Balaban J connectivity index is 1.24. The molecule has 8 rings (SSSR count). The van der Waals surface area contributed by atoms with Crippen LogP contribution < -0.4 is 9.64 Å². The van der Waals surface area contributed by atoms with Crippen molar-refractivity contribution >= 4 is 33.4 Å². The van der Waals surface area contributed by atoms with Crippen LogP contribution in [0.5, 0.6) is 11.8 Å². The van der Waals surface area contributed by atoms with Gasteiger partial charge in [-0.2, -0.15) is 18.7 Å². The second kappa shape index (κ2) is 12.5. The maximum atomic E-state index is 17.0. The highest BCUT2D eigenvalue weighted by Crippen LogP contribution is 2.44. The van der Waals surface area contributed by atoms with Crippen LogP contribution >= 0.6 is 0 Å². The van der Waals surface area contributed by atoms with Crippen LogP contribution in [-0.2, 0) is 4.79 Å². The number of hydrogen-bond donors (Lipinski definition) is 1. The van der Waals surface area contributed by atoms with E-state index in [2.05, 4.69) is 20.8 Å². The van der Waals surface area contributed by atoms with Crippen molar-refractivity contribution in [3.63, 3.8) is 0 Å². The summed E-state index contributed by atoms with van der Waals surface area (Å²) in [6.45, 7) is 2.34. The summed E-state index contributed by atoms with van der Waals surface area (Å²) in [5, 5.41) is 11.4. The number of carbonyl (C=O) groups is 1. The molecule has 9 nitrogen and oxygen atoms in total. The van der Waals surface area contributed by atoms with Gasteiger partial charge in [0.1, 0.15) is 41.4 Å². The van der Waals surface area contributed by atoms with Crippen molar-refractivity contribution < 1.29 is 36.6 Å². The van der Waals surface area contributed by atoms with E-state index in [-0.39, 0.29) is 64.6 Å². The lowest BCUT2D eigenvalue weighted by Crippen LogP contribution is -2.63. The summed E-state index contributed by atoms with van der Waals surface area (Å²) in [4.78, 5) is 31.0. The van der Waals surface area contributed by atoms with Gasteiger partial charge in [-0.15, -0.1) is 6.42 Å². The number of phenols is 1. The number of aromatic hydroxyl groups is 1. The Kier molecular flexibility index (Phi) is 8.16. The van der Waals surface area contributed by atoms with E-state index in [1.807, 2.05) is 4.90 Å². The molecule has 0 aliphatic carbocycles. The fourth-order valence-corrected chi connectivity index (χ4v) is 8.78. The minimum Gasteiger partial charge on any atom is -0.508 e. The summed E-state index contributed by atoms with van der Waals surface area (Å²) in [7, 11) is 0. The van der Waals surface area contributed by atoms with Gasteiger partial charge in [-0.25, -0.2) is 13.2 Å².